The second-order valence-corrected chi connectivity index (χ2v) is 5.00. The lowest BCUT2D eigenvalue weighted by Gasteiger charge is -2.14. The van der Waals surface area contributed by atoms with E-state index in [2.05, 4.69) is 4.98 Å². The Balaban J connectivity index is 2.65. The molecule has 0 aliphatic carbocycles. The van der Waals surface area contributed by atoms with Gasteiger partial charge in [-0.25, -0.2) is 4.79 Å². The third kappa shape index (κ3) is 3.30. The third-order valence-corrected chi connectivity index (χ3v) is 3.57. The van der Waals surface area contributed by atoms with Gasteiger partial charge in [0.05, 0.1) is 33.0 Å². The van der Waals surface area contributed by atoms with Crippen molar-refractivity contribution in [2.24, 2.45) is 0 Å². The van der Waals surface area contributed by atoms with Crippen LogP contribution in [0.3, 0.4) is 0 Å². The molecule has 0 saturated heterocycles. The molecule has 1 aromatic carbocycles. The molecule has 1 aromatic heterocycles. The van der Waals surface area contributed by atoms with Crippen molar-refractivity contribution in [3.8, 4) is 22.6 Å². The number of methoxy groups -OCH3 is 3. The molecule has 0 atom stereocenters. The Morgan fingerprint density at radius 2 is 1.83 bits per heavy atom. The van der Waals surface area contributed by atoms with Gasteiger partial charge in [0.1, 0.15) is 0 Å². The summed E-state index contributed by atoms with van der Waals surface area (Å²) in [5.41, 5.74) is 9.02. The monoisotopic (exact) mass is 334 g/mol. The highest BCUT2D eigenvalue weighted by Gasteiger charge is 2.23. The van der Waals surface area contributed by atoms with Crippen LogP contribution in [0.25, 0.3) is 11.1 Å². The Morgan fingerprint density at radius 3 is 2.42 bits per heavy atom. The van der Waals surface area contributed by atoms with E-state index in [-0.39, 0.29) is 6.61 Å². The number of aromatic nitrogens is 1. The molecule has 0 bridgehead atoms. The molecule has 24 heavy (non-hydrogen) atoms. The number of carbonyl (C=O) groups is 1. The number of nitrogens with one attached hydrogen (secondary N) is 1. The fraction of sp³-hybridized carbons (Fsp3) is 0.353. The molecule has 0 fully saturated rings. The van der Waals surface area contributed by atoms with Gasteiger partial charge in [-0.2, -0.15) is 0 Å². The molecule has 0 radical (unpaired) electrons. The van der Waals surface area contributed by atoms with Gasteiger partial charge < -0.3 is 29.7 Å². The minimum Gasteiger partial charge on any atom is -0.493 e. The normalized spacial score (nSPS) is 10.5. The van der Waals surface area contributed by atoms with E-state index in [0.717, 1.165) is 5.69 Å². The zero-order valence-corrected chi connectivity index (χ0v) is 14.3. The zero-order valence-electron chi connectivity index (χ0n) is 14.3. The molecular formula is C17H22N2O5. The summed E-state index contributed by atoms with van der Waals surface area (Å²) in [5.74, 6) is 0.599. The number of rotatable bonds is 7. The predicted molar refractivity (Wildman–Crippen MR) is 90.4 cm³/mol. The number of anilines is 1. The number of hydrogen-bond acceptors (Lipinski definition) is 6. The van der Waals surface area contributed by atoms with Crippen LogP contribution in [-0.4, -0.2) is 38.9 Å². The van der Waals surface area contributed by atoms with Crippen LogP contribution in [0.1, 0.15) is 23.0 Å². The highest BCUT2D eigenvalue weighted by atomic mass is 16.5. The van der Waals surface area contributed by atoms with Crippen molar-refractivity contribution in [1.29, 1.82) is 0 Å². The van der Waals surface area contributed by atoms with Crippen molar-refractivity contribution in [1.82, 2.24) is 4.98 Å². The Morgan fingerprint density at radius 1 is 1.17 bits per heavy atom. The molecule has 0 aliphatic heterocycles. The maximum absolute atomic E-state index is 12.3. The second-order valence-electron chi connectivity index (χ2n) is 5.00. The minimum atomic E-state index is -0.430. The van der Waals surface area contributed by atoms with Gasteiger partial charge in [0.15, 0.2) is 11.5 Å². The summed E-state index contributed by atoms with van der Waals surface area (Å²) in [4.78, 5) is 15.3. The maximum Gasteiger partial charge on any atom is 0.340 e. The summed E-state index contributed by atoms with van der Waals surface area (Å²) in [7, 11) is 4.65. The average molecular weight is 334 g/mol. The molecule has 130 valence electrons. The predicted octanol–water partition coefficient (Wildman–Crippen LogP) is 2.60. The molecular weight excluding hydrogens is 312 g/mol. The number of aromatic amines is 1. The first-order valence-corrected chi connectivity index (χ1v) is 7.45. The topological polar surface area (TPSA) is 95.8 Å². The van der Waals surface area contributed by atoms with Gasteiger partial charge in [-0.1, -0.05) is 0 Å². The van der Waals surface area contributed by atoms with Gasteiger partial charge in [0.25, 0.3) is 0 Å². The van der Waals surface area contributed by atoms with Gasteiger partial charge in [-0.15, -0.1) is 0 Å². The van der Waals surface area contributed by atoms with Gasteiger partial charge in [0.2, 0.25) is 0 Å². The van der Waals surface area contributed by atoms with Gasteiger partial charge >= 0.3 is 5.97 Å². The Bertz CT molecular complexity index is 724. The summed E-state index contributed by atoms with van der Waals surface area (Å²) in [6, 6.07) is 3.39. The van der Waals surface area contributed by atoms with Crippen molar-refractivity contribution < 1.29 is 23.7 Å². The maximum atomic E-state index is 12.3. The average Bonchev–Trinajstić information content (AvgIpc) is 2.98. The first kappa shape index (κ1) is 17.7. The van der Waals surface area contributed by atoms with Crippen molar-refractivity contribution in [2.75, 3.05) is 33.7 Å². The van der Waals surface area contributed by atoms with Crippen LogP contribution in [0.4, 0.5) is 5.69 Å². The van der Waals surface area contributed by atoms with Crippen molar-refractivity contribution in [3.63, 3.8) is 0 Å². The van der Waals surface area contributed by atoms with Crippen molar-refractivity contribution in [2.45, 2.75) is 13.5 Å². The first-order chi connectivity index (χ1) is 11.6. The molecule has 0 unspecified atom stereocenters. The van der Waals surface area contributed by atoms with E-state index in [9.17, 15) is 4.79 Å². The number of H-pyrrole nitrogens is 1. The number of nitrogen functional groups attached to an aromatic ring is 1. The fourth-order valence-corrected chi connectivity index (χ4v) is 2.51. The second kappa shape index (κ2) is 7.74. The third-order valence-electron chi connectivity index (χ3n) is 3.57. The lowest BCUT2D eigenvalue weighted by atomic mass is 9.99. The van der Waals surface area contributed by atoms with E-state index < -0.39 is 5.97 Å². The highest BCUT2D eigenvalue weighted by molar-refractivity contribution is 6.00. The van der Waals surface area contributed by atoms with Crippen LogP contribution in [0.5, 0.6) is 11.5 Å². The molecule has 0 aliphatic rings. The molecule has 7 heteroatoms. The molecule has 0 saturated carbocycles. The minimum absolute atomic E-state index is 0.282. The molecule has 1 heterocycles. The van der Waals surface area contributed by atoms with Gasteiger partial charge in [-0.3, -0.25) is 0 Å². The number of carbonyl (C=O) groups excluding carboxylic acids is 1. The number of benzene rings is 1. The summed E-state index contributed by atoms with van der Waals surface area (Å²) in [5, 5.41) is 0. The zero-order chi connectivity index (χ0) is 17.7. The van der Waals surface area contributed by atoms with E-state index in [0.29, 0.717) is 40.5 Å². The van der Waals surface area contributed by atoms with Crippen LogP contribution >= 0.6 is 0 Å². The Labute approximate surface area is 140 Å². The van der Waals surface area contributed by atoms with E-state index in [4.69, 9.17) is 24.7 Å². The molecule has 2 aromatic rings. The number of ether oxygens (including phenoxy) is 4. The van der Waals surface area contributed by atoms with Crippen LogP contribution in [0.2, 0.25) is 0 Å². The largest absolute Gasteiger partial charge is 0.493 e. The number of esters is 1. The number of hydrogen-bond donors (Lipinski definition) is 2. The molecule has 3 N–H and O–H groups in total. The summed E-state index contributed by atoms with van der Waals surface area (Å²) < 4.78 is 20.9. The SMILES string of the molecule is CCOC(=O)c1c[nH]c(COC)c1-c1cc(OC)c(OC)cc1N. The lowest BCUT2D eigenvalue weighted by Crippen LogP contribution is -2.06. The van der Waals surface area contributed by atoms with Crippen LogP contribution in [-0.2, 0) is 16.1 Å². The Hall–Kier alpha value is -2.67. The molecule has 0 spiro atoms. The van der Waals surface area contributed by atoms with Crippen molar-refractivity contribution in [3.05, 3.63) is 29.6 Å². The molecule has 0 amide bonds. The quantitative estimate of drug-likeness (QED) is 0.597. The summed E-state index contributed by atoms with van der Waals surface area (Å²) in [6.07, 6.45) is 1.60. The summed E-state index contributed by atoms with van der Waals surface area (Å²) in [6.45, 7) is 2.33. The smallest absolute Gasteiger partial charge is 0.340 e. The highest BCUT2D eigenvalue weighted by Crippen LogP contribution is 2.40. The van der Waals surface area contributed by atoms with Crippen LogP contribution < -0.4 is 15.2 Å². The van der Waals surface area contributed by atoms with E-state index in [1.165, 1.54) is 14.2 Å². The van der Waals surface area contributed by atoms with E-state index in [1.807, 2.05) is 0 Å². The van der Waals surface area contributed by atoms with Crippen LogP contribution in [0, 0.1) is 0 Å². The Kier molecular flexibility index (Phi) is 5.70. The molecule has 2 rings (SSSR count). The lowest BCUT2D eigenvalue weighted by molar-refractivity contribution is 0.0527. The fourth-order valence-electron chi connectivity index (χ4n) is 2.51. The van der Waals surface area contributed by atoms with E-state index >= 15 is 0 Å². The molecule has 7 nitrogen and oxygen atoms in total. The van der Waals surface area contributed by atoms with Gasteiger partial charge in [-0.05, 0) is 13.0 Å². The summed E-state index contributed by atoms with van der Waals surface area (Å²) >= 11 is 0. The number of nitrogens with two attached hydrogens (primary N) is 1. The first-order valence-electron chi connectivity index (χ1n) is 7.45. The van der Waals surface area contributed by atoms with Crippen molar-refractivity contribution >= 4 is 11.7 Å². The standard InChI is InChI=1S/C17H22N2O5/c1-5-24-17(20)11-8-19-13(9-21-2)16(11)10-6-14(22-3)15(23-4)7-12(10)18/h6-8,19H,5,9,18H2,1-4H3. The van der Waals surface area contributed by atoms with Crippen LogP contribution in [0.15, 0.2) is 18.3 Å². The van der Waals surface area contributed by atoms with E-state index in [1.54, 1.807) is 32.4 Å². The van der Waals surface area contributed by atoms with Gasteiger partial charge in [0, 0.05) is 41.9 Å².